The SMILES string of the molecule is CCSCC(C)NCc1cc(Br)c(O)c(Br)c1. The molecule has 96 valence electrons. The number of hydrogen-bond acceptors (Lipinski definition) is 3. The molecule has 2 N–H and O–H groups in total. The average molecular weight is 383 g/mol. The molecule has 0 spiro atoms. The molecule has 0 aliphatic rings. The first-order chi connectivity index (χ1) is 8.04. The molecule has 0 heterocycles. The second-order valence-corrected chi connectivity index (χ2v) is 6.88. The molecule has 17 heavy (non-hydrogen) atoms. The summed E-state index contributed by atoms with van der Waals surface area (Å²) in [7, 11) is 0. The van der Waals surface area contributed by atoms with E-state index in [2.05, 4.69) is 51.0 Å². The van der Waals surface area contributed by atoms with Gasteiger partial charge in [0.05, 0.1) is 8.95 Å². The molecule has 0 saturated heterocycles. The van der Waals surface area contributed by atoms with Gasteiger partial charge in [-0.1, -0.05) is 6.92 Å². The van der Waals surface area contributed by atoms with Crippen LogP contribution in [0.1, 0.15) is 19.4 Å². The van der Waals surface area contributed by atoms with E-state index in [-0.39, 0.29) is 5.75 Å². The van der Waals surface area contributed by atoms with Crippen molar-refractivity contribution in [2.75, 3.05) is 11.5 Å². The minimum Gasteiger partial charge on any atom is -0.506 e. The first-order valence-electron chi connectivity index (χ1n) is 5.52. The molecule has 1 rings (SSSR count). The van der Waals surface area contributed by atoms with Gasteiger partial charge in [-0.15, -0.1) is 0 Å². The molecule has 2 nitrogen and oxygen atoms in total. The van der Waals surface area contributed by atoms with Crippen LogP contribution in [0.4, 0.5) is 0 Å². The highest BCUT2D eigenvalue weighted by Crippen LogP contribution is 2.33. The van der Waals surface area contributed by atoms with E-state index in [0.29, 0.717) is 6.04 Å². The number of benzene rings is 1. The molecule has 0 aromatic heterocycles. The number of halogens is 2. The smallest absolute Gasteiger partial charge is 0.143 e. The lowest BCUT2D eigenvalue weighted by Crippen LogP contribution is -2.27. The molecule has 1 unspecified atom stereocenters. The molecule has 0 bridgehead atoms. The molecule has 0 saturated carbocycles. The number of phenols is 1. The summed E-state index contributed by atoms with van der Waals surface area (Å²) in [5, 5.41) is 13.1. The first kappa shape index (κ1) is 15.3. The van der Waals surface area contributed by atoms with Crippen molar-refractivity contribution in [2.24, 2.45) is 0 Å². The van der Waals surface area contributed by atoms with E-state index in [0.717, 1.165) is 32.6 Å². The lowest BCUT2D eigenvalue weighted by atomic mass is 10.2. The largest absolute Gasteiger partial charge is 0.506 e. The summed E-state index contributed by atoms with van der Waals surface area (Å²) in [6, 6.07) is 4.37. The Balaban J connectivity index is 2.52. The van der Waals surface area contributed by atoms with Crippen LogP contribution in [0.5, 0.6) is 5.75 Å². The first-order valence-corrected chi connectivity index (χ1v) is 8.26. The standard InChI is InChI=1S/C12H17Br2NOS/c1-3-17-7-8(2)15-6-9-4-10(13)12(16)11(14)5-9/h4-5,8,15-16H,3,6-7H2,1-2H3. The van der Waals surface area contributed by atoms with Gasteiger partial charge in [-0.3, -0.25) is 0 Å². The van der Waals surface area contributed by atoms with Gasteiger partial charge in [0.2, 0.25) is 0 Å². The van der Waals surface area contributed by atoms with E-state index in [4.69, 9.17) is 0 Å². The van der Waals surface area contributed by atoms with Crippen LogP contribution in [0.2, 0.25) is 0 Å². The zero-order chi connectivity index (χ0) is 12.8. The van der Waals surface area contributed by atoms with E-state index in [9.17, 15) is 5.11 Å². The van der Waals surface area contributed by atoms with Crippen molar-refractivity contribution in [1.29, 1.82) is 0 Å². The van der Waals surface area contributed by atoms with Crippen molar-refractivity contribution < 1.29 is 5.11 Å². The molecule has 5 heteroatoms. The van der Waals surface area contributed by atoms with E-state index in [1.165, 1.54) is 0 Å². The van der Waals surface area contributed by atoms with Gasteiger partial charge in [0.25, 0.3) is 0 Å². The third-order valence-electron chi connectivity index (χ3n) is 2.30. The molecule has 0 radical (unpaired) electrons. The lowest BCUT2D eigenvalue weighted by molar-refractivity contribution is 0.468. The van der Waals surface area contributed by atoms with Crippen LogP contribution in [-0.4, -0.2) is 22.7 Å². The van der Waals surface area contributed by atoms with Crippen molar-refractivity contribution in [1.82, 2.24) is 5.32 Å². The summed E-state index contributed by atoms with van der Waals surface area (Å²) in [6.07, 6.45) is 0. The number of hydrogen-bond donors (Lipinski definition) is 2. The molecule has 1 aromatic carbocycles. The summed E-state index contributed by atoms with van der Waals surface area (Å²) < 4.78 is 1.44. The maximum Gasteiger partial charge on any atom is 0.143 e. The van der Waals surface area contributed by atoms with Crippen molar-refractivity contribution >= 4 is 43.6 Å². The second kappa shape index (κ2) is 7.67. The maximum absolute atomic E-state index is 9.61. The fourth-order valence-electron chi connectivity index (χ4n) is 1.37. The predicted molar refractivity (Wildman–Crippen MR) is 82.8 cm³/mol. The van der Waals surface area contributed by atoms with Gasteiger partial charge in [-0.05, 0) is 62.2 Å². The molecule has 0 fully saturated rings. The third-order valence-corrected chi connectivity index (χ3v) is 4.66. The highest BCUT2D eigenvalue weighted by atomic mass is 79.9. The van der Waals surface area contributed by atoms with E-state index >= 15 is 0 Å². The summed E-state index contributed by atoms with van der Waals surface area (Å²) >= 11 is 8.61. The Labute approximate surface area is 124 Å². The molecular formula is C12H17Br2NOS. The monoisotopic (exact) mass is 381 g/mol. The molecule has 0 aliphatic carbocycles. The summed E-state index contributed by atoms with van der Waals surface area (Å²) in [4.78, 5) is 0. The molecule has 0 aliphatic heterocycles. The maximum atomic E-state index is 9.61. The number of phenolic OH excluding ortho intramolecular Hbond substituents is 1. The number of rotatable bonds is 6. The lowest BCUT2D eigenvalue weighted by Gasteiger charge is -2.13. The summed E-state index contributed by atoms with van der Waals surface area (Å²) in [5.74, 6) is 2.53. The molecule has 1 aromatic rings. The van der Waals surface area contributed by atoms with E-state index in [1.807, 2.05) is 23.9 Å². The van der Waals surface area contributed by atoms with Crippen LogP contribution in [0, 0.1) is 0 Å². The fraction of sp³-hybridized carbons (Fsp3) is 0.500. The Morgan fingerprint density at radius 1 is 1.35 bits per heavy atom. The number of nitrogens with one attached hydrogen (secondary N) is 1. The minimum absolute atomic E-state index is 0.253. The van der Waals surface area contributed by atoms with Gasteiger partial charge in [0, 0.05) is 18.3 Å². The third kappa shape index (κ3) is 5.20. The van der Waals surface area contributed by atoms with Crippen LogP contribution in [-0.2, 0) is 6.54 Å². The van der Waals surface area contributed by atoms with Crippen LogP contribution >= 0.6 is 43.6 Å². The number of aromatic hydroxyl groups is 1. The highest BCUT2D eigenvalue weighted by molar-refractivity contribution is 9.11. The minimum atomic E-state index is 0.253. The summed E-state index contributed by atoms with van der Waals surface area (Å²) in [6.45, 7) is 5.17. The normalized spacial score (nSPS) is 12.7. The van der Waals surface area contributed by atoms with Crippen molar-refractivity contribution in [3.05, 3.63) is 26.6 Å². The quantitative estimate of drug-likeness (QED) is 0.775. The van der Waals surface area contributed by atoms with Gasteiger partial charge in [-0.2, -0.15) is 11.8 Å². The Kier molecular flexibility index (Phi) is 6.92. The topological polar surface area (TPSA) is 32.3 Å². The van der Waals surface area contributed by atoms with Crippen LogP contribution in [0.15, 0.2) is 21.1 Å². The number of thioether (sulfide) groups is 1. The van der Waals surface area contributed by atoms with Gasteiger partial charge < -0.3 is 10.4 Å². The zero-order valence-electron chi connectivity index (χ0n) is 9.96. The highest BCUT2D eigenvalue weighted by Gasteiger charge is 2.07. The Bertz CT molecular complexity index is 351. The van der Waals surface area contributed by atoms with Crippen LogP contribution in [0.3, 0.4) is 0 Å². The Morgan fingerprint density at radius 2 is 1.94 bits per heavy atom. The molecule has 0 amide bonds. The molecular weight excluding hydrogens is 366 g/mol. The Morgan fingerprint density at radius 3 is 2.47 bits per heavy atom. The fourth-order valence-corrected chi connectivity index (χ4v) is 3.35. The molecule has 1 atom stereocenters. The predicted octanol–water partition coefficient (Wildman–Crippen LogP) is 4.15. The van der Waals surface area contributed by atoms with Gasteiger partial charge >= 0.3 is 0 Å². The van der Waals surface area contributed by atoms with Crippen LogP contribution in [0.25, 0.3) is 0 Å². The second-order valence-electron chi connectivity index (χ2n) is 3.85. The zero-order valence-corrected chi connectivity index (χ0v) is 14.0. The van der Waals surface area contributed by atoms with Crippen molar-refractivity contribution in [3.8, 4) is 5.75 Å². The van der Waals surface area contributed by atoms with Crippen molar-refractivity contribution in [3.63, 3.8) is 0 Å². The van der Waals surface area contributed by atoms with Gasteiger partial charge in [0.15, 0.2) is 0 Å². The van der Waals surface area contributed by atoms with Crippen LogP contribution < -0.4 is 5.32 Å². The van der Waals surface area contributed by atoms with E-state index < -0.39 is 0 Å². The van der Waals surface area contributed by atoms with Gasteiger partial charge in [0.1, 0.15) is 5.75 Å². The Hall–Kier alpha value is 0.290. The summed E-state index contributed by atoms with van der Waals surface area (Å²) in [5.41, 5.74) is 1.15. The van der Waals surface area contributed by atoms with Gasteiger partial charge in [-0.25, -0.2) is 0 Å². The van der Waals surface area contributed by atoms with Crippen molar-refractivity contribution in [2.45, 2.75) is 26.4 Å². The average Bonchev–Trinajstić information content (AvgIpc) is 2.30. The van der Waals surface area contributed by atoms with E-state index in [1.54, 1.807) is 0 Å².